The van der Waals surface area contributed by atoms with Gasteiger partial charge in [0.1, 0.15) is 0 Å². The maximum atomic E-state index is 6.27. The molecule has 2 N–H and O–H groups in total. The molecule has 2 unspecified atom stereocenters. The van der Waals surface area contributed by atoms with Gasteiger partial charge in [-0.2, -0.15) is 5.10 Å². The van der Waals surface area contributed by atoms with Crippen molar-refractivity contribution in [2.45, 2.75) is 32.9 Å². The summed E-state index contributed by atoms with van der Waals surface area (Å²) in [5, 5.41) is 4.41. The molecule has 0 aliphatic carbocycles. The van der Waals surface area contributed by atoms with Crippen molar-refractivity contribution in [1.29, 1.82) is 0 Å². The Kier molecular flexibility index (Phi) is 3.29. The molecule has 0 fully saturated rings. The van der Waals surface area contributed by atoms with Crippen LogP contribution in [0.1, 0.15) is 35.8 Å². The third kappa shape index (κ3) is 2.56. The van der Waals surface area contributed by atoms with E-state index in [0.29, 0.717) is 0 Å². The number of hydrogen-bond donors (Lipinski definition) is 1. The van der Waals surface area contributed by atoms with Crippen LogP contribution in [0.15, 0.2) is 36.5 Å². The van der Waals surface area contributed by atoms with Gasteiger partial charge < -0.3 is 5.73 Å². The van der Waals surface area contributed by atoms with Crippen LogP contribution in [0.5, 0.6) is 0 Å². The van der Waals surface area contributed by atoms with Crippen molar-refractivity contribution in [1.82, 2.24) is 9.78 Å². The summed E-state index contributed by atoms with van der Waals surface area (Å²) in [5.41, 5.74) is 9.69. The average molecular weight is 229 g/mol. The Morgan fingerprint density at radius 1 is 1.12 bits per heavy atom. The fourth-order valence-electron chi connectivity index (χ4n) is 1.89. The minimum absolute atomic E-state index is 0.0325. The molecule has 1 aromatic heterocycles. The number of benzene rings is 1. The Morgan fingerprint density at radius 2 is 1.76 bits per heavy atom. The molecule has 2 atom stereocenters. The summed E-state index contributed by atoms with van der Waals surface area (Å²) in [6, 6.07) is 10.5. The van der Waals surface area contributed by atoms with Crippen LogP contribution in [0.25, 0.3) is 0 Å². The summed E-state index contributed by atoms with van der Waals surface area (Å²) in [5.74, 6) is 0. The first-order chi connectivity index (χ1) is 8.08. The summed E-state index contributed by atoms with van der Waals surface area (Å²) in [6.45, 7) is 6.16. The minimum Gasteiger partial charge on any atom is -0.322 e. The van der Waals surface area contributed by atoms with Crippen LogP contribution < -0.4 is 5.73 Å². The first-order valence-corrected chi connectivity index (χ1v) is 5.92. The quantitative estimate of drug-likeness (QED) is 0.879. The van der Waals surface area contributed by atoms with Crippen LogP contribution in [0.4, 0.5) is 0 Å². The summed E-state index contributed by atoms with van der Waals surface area (Å²) in [6.07, 6.45) is 1.98. The van der Waals surface area contributed by atoms with E-state index in [9.17, 15) is 0 Å². The highest BCUT2D eigenvalue weighted by Crippen LogP contribution is 2.23. The molecule has 2 rings (SSSR count). The lowest BCUT2D eigenvalue weighted by molar-refractivity contribution is 0.413. The highest BCUT2D eigenvalue weighted by molar-refractivity contribution is 5.24. The summed E-state index contributed by atoms with van der Waals surface area (Å²) in [7, 11) is 0. The lowest BCUT2D eigenvalue weighted by Crippen LogP contribution is -2.22. The minimum atomic E-state index is -0.0325. The predicted molar refractivity (Wildman–Crippen MR) is 69.8 cm³/mol. The molecule has 3 heteroatoms. The zero-order valence-corrected chi connectivity index (χ0v) is 10.6. The van der Waals surface area contributed by atoms with E-state index in [-0.39, 0.29) is 12.1 Å². The molecular formula is C14H19N3. The van der Waals surface area contributed by atoms with Crippen LogP contribution in [-0.4, -0.2) is 9.78 Å². The molecule has 3 nitrogen and oxygen atoms in total. The Morgan fingerprint density at radius 3 is 2.29 bits per heavy atom. The monoisotopic (exact) mass is 229 g/mol. The number of aromatic nitrogens is 2. The summed E-state index contributed by atoms with van der Waals surface area (Å²) in [4.78, 5) is 0. The second kappa shape index (κ2) is 4.72. The van der Waals surface area contributed by atoms with E-state index in [1.54, 1.807) is 0 Å². The van der Waals surface area contributed by atoms with Gasteiger partial charge in [-0.25, -0.2) is 0 Å². The fraction of sp³-hybridized carbons (Fsp3) is 0.357. The SMILES string of the molecule is Cc1ccc(C(N)C(C)n2ccc(C)n2)cc1. The van der Waals surface area contributed by atoms with Gasteiger partial charge in [-0.1, -0.05) is 29.8 Å². The van der Waals surface area contributed by atoms with E-state index in [1.807, 2.05) is 23.9 Å². The van der Waals surface area contributed by atoms with Gasteiger partial charge >= 0.3 is 0 Å². The van der Waals surface area contributed by atoms with E-state index in [1.165, 1.54) is 5.56 Å². The molecule has 0 aliphatic heterocycles. The topological polar surface area (TPSA) is 43.8 Å². The molecule has 0 bridgehead atoms. The van der Waals surface area contributed by atoms with Crippen molar-refractivity contribution >= 4 is 0 Å². The first-order valence-electron chi connectivity index (χ1n) is 5.92. The van der Waals surface area contributed by atoms with Crippen molar-refractivity contribution in [3.63, 3.8) is 0 Å². The average Bonchev–Trinajstić information content (AvgIpc) is 2.75. The van der Waals surface area contributed by atoms with Crippen molar-refractivity contribution < 1.29 is 0 Å². The van der Waals surface area contributed by atoms with Crippen LogP contribution in [0, 0.1) is 13.8 Å². The number of nitrogens with two attached hydrogens (primary N) is 1. The molecule has 17 heavy (non-hydrogen) atoms. The Balaban J connectivity index is 2.19. The molecule has 0 radical (unpaired) electrons. The van der Waals surface area contributed by atoms with E-state index >= 15 is 0 Å². The number of hydrogen-bond acceptors (Lipinski definition) is 2. The van der Waals surface area contributed by atoms with Gasteiger partial charge in [0.2, 0.25) is 0 Å². The third-order valence-corrected chi connectivity index (χ3v) is 3.14. The largest absolute Gasteiger partial charge is 0.322 e. The van der Waals surface area contributed by atoms with Crippen LogP contribution in [0.2, 0.25) is 0 Å². The highest BCUT2D eigenvalue weighted by atomic mass is 15.3. The zero-order valence-electron chi connectivity index (χ0n) is 10.6. The van der Waals surface area contributed by atoms with E-state index in [0.717, 1.165) is 11.3 Å². The molecule has 90 valence electrons. The maximum absolute atomic E-state index is 6.27. The van der Waals surface area contributed by atoms with Crippen molar-refractivity contribution in [3.8, 4) is 0 Å². The molecule has 0 saturated carbocycles. The summed E-state index contributed by atoms with van der Waals surface area (Å²) >= 11 is 0. The van der Waals surface area contributed by atoms with E-state index < -0.39 is 0 Å². The van der Waals surface area contributed by atoms with Gasteiger partial charge in [0.15, 0.2) is 0 Å². The first kappa shape index (κ1) is 11.9. The molecule has 2 aromatic rings. The Bertz CT molecular complexity index is 484. The lowest BCUT2D eigenvalue weighted by atomic mass is 10.0. The van der Waals surface area contributed by atoms with Gasteiger partial charge in [-0.15, -0.1) is 0 Å². The molecular weight excluding hydrogens is 210 g/mol. The zero-order chi connectivity index (χ0) is 12.4. The van der Waals surface area contributed by atoms with Crippen LogP contribution in [0.3, 0.4) is 0 Å². The maximum Gasteiger partial charge on any atom is 0.0683 e. The molecule has 1 aromatic carbocycles. The van der Waals surface area contributed by atoms with Gasteiger partial charge in [-0.05, 0) is 32.4 Å². The molecule has 0 saturated heterocycles. The number of aryl methyl sites for hydroxylation is 2. The smallest absolute Gasteiger partial charge is 0.0683 e. The van der Waals surface area contributed by atoms with Crippen molar-refractivity contribution in [3.05, 3.63) is 53.3 Å². The van der Waals surface area contributed by atoms with Gasteiger partial charge in [-0.3, -0.25) is 4.68 Å². The summed E-state index contributed by atoms with van der Waals surface area (Å²) < 4.78 is 1.93. The second-order valence-corrected chi connectivity index (χ2v) is 4.61. The van der Waals surface area contributed by atoms with Gasteiger partial charge in [0.05, 0.1) is 17.8 Å². The number of rotatable bonds is 3. The predicted octanol–water partition coefficient (Wildman–Crippen LogP) is 2.76. The normalized spacial score (nSPS) is 14.6. The number of nitrogens with zero attached hydrogens (tertiary/aromatic N) is 2. The second-order valence-electron chi connectivity index (χ2n) is 4.61. The highest BCUT2D eigenvalue weighted by Gasteiger charge is 2.16. The van der Waals surface area contributed by atoms with Crippen LogP contribution >= 0.6 is 0 Å². The van der Waals surface area contributed by atoms with Crippen molar-refractivity contribution in [2.75, 3.05) is 0 Å². The molecule has 1 heterocycles. The van der Waals surface area contributed by atoms with Crippen molar-refractivity contribution in [2.24, 2.45) is 5.73 Å². The molecule has 0 amide bonds. The fourth-order valence-corrected chi connectivity index (χ4v) is 1.89. The Labute approximate surface area is 102 Å². The van der Waals surface area contributed by atoms with E-state index in [4.69, 9.17) is 5.73 Å². The lowest BCUT2D eigenvalue weighted by Gasteiger charge is -2.21. The molecule has 0 spiro atoms. The van der Waals surface area contributed by atoms with Gasteiger partial charge in [0.25, 0.3) is 0 Å². The van der Waals surface area contributed by atoms with Crippen LogP contribution in [-0.2, 0) is 0 Å². The van der Waals surface area contributed by atoms with Gasteiger partial charge in [0, 0.05) is 6.20 Å². The standard InChI is InChI=1S/C14H19N3/c1-10-4-6-13(7-5-10)14(15)12(3)17-9-8-11(2)16-17/h4-9,12,14H,15H2,1-3H3. The molecule has 0 aliphatic rings. The third-order valence-electron chi connectivity index (χ3n) is 3.14. The van der Waals surface area contributed by atoms with E-state index in [2.05, 4.69) is 43.2 Å². The Hall–Kier alpha value is -1.61.